The van der Waals surface area contributed by atoms with E-state index in [1.54, 1.807) is 0 Å². The summed E-state index contributed by atoms with van der Waals surface area (Å²) < 4.78 is 27.8. The van der Waals surface area contributed by atoms with Crippen molar-refractivity contribution in [2.75, 3.05) is 24.7 Å². The highest BCUT2D eigenvalue weighted by molar-refractivity contribution is 7.91. The van der Waals surface area contributed by atoms with Crippen molar-refractivity contribution in [2.24, 2.45) is 5.92 Å². The zero-order valence-electron chi connectivity index (χ0n) is 7.81. The maximum atomic E-state index is 11.4. The minimum Gasteiger partial charge on any atom is -0.481 e. The fourth-order valence-corrected chi connectivity index (χ4v) is 3.03. The fourth-order valence-electron chi connectivity index (χ4n) is 1.40. The van der Waals surface area contributed by atoms with Crippen molar-refractivity contribution >= 4 is 15.8 Å². The van der Waals surface area contributed by atoms with Crippen LogP contribution < -0.4 is 0 Å². The lowest BCUT2D eigenvalue weighted by molar-refractivity contribution is -0.136. The first-order valence-corrected chi connectivity index (χ1v) is 6.32. The van der Waals surface area contributed by atoms with Crippen molar-refractivity contribution < 1.29 is 23.1 Å². The van der Waals surface area contributed by atoms with E-state index in [1.165, 1.54) is 0 Å². The largest absolute Gasteiger partial charge is 0.481 e. The molecule has 0 saturated carbocycles. The van der Waals surface area contributed by atoms with Gasteiger partial charge in [-0.3, -0.25) is 4.79 Å². The van der Waals surface area contributed by atoms with Crippen molar-refractivity contribution in [3.63, 3.8) is 0 Å². The van der Waals surface area contributed by atoms with Crippen LogP contribution in [0.4, 0.5) is 0 Å². The van der Waals surface area contributed by atoms with Gasteiger partial charge in [-0.05, 0) is 12.3 Å². The lowest BCUT2D eigenvalue weighted by atomic mass is 10.2. The van der Waals surface area contributed by atoms with Gasteiger partial charge < -0.3 is 9.84 Å². The average molecular weight is 222 g/mol. The first-order chi connectivity index (χ1) is 6.49. The molecule has 6 heteroatoms. The van der Waals surface area contributed by atoms with E-state index in [0.29, 0.717) is 13.2 Å². The van der Waals surface area contributed by atoms with Crippen molar-refractivity contribution in [1.82, 2.24) is 0 Å². The van der Waals surface area contributed by atoms with Crippen molar-refractivity contribution in [2.45, 2.75) is 12.8 Å². The summed E-state index contributed by atoms with van der Waals surface area (Å²) >= 11 is 0. The molecule has 1 atom stereocenters. The van der Waals surface area contributed by atoms with E-state index in [-0.39, 0.29) is 23.8 Å². The van der Waals surface area contributed by atoms with Crippen LogP contribution in [0.5, 0.6) is 0 Å². The van der Waals surface area contributed by atoms with Crippen LogP contribution in [0.2, 0.25) is 0 Å². The van der Waals surface area contributed by atoms with Crippen LogP contribution in [0.25, 0.3) is 0 Å². The third-order valence-electron chi connectivity index (χ3n) is 2.14. The lowest BCUT2D eigenvalue weighted by Gasteiger charge is -2.07. The Bertz CT molecular complexity index is 289. The van der Waals surface area contributed by atoms with E-state index >= 15 is 0 Å². The Kier molecular flexibility index (Phi) is 3.88. The Morgan fingerprint density at radius 2 is 2.21 bits per heavy atom. The molecule has 1 rings (SSSR count). The maximum Gasteiger partial charge on any atom is 0.304 e. The molecule has 1 N–H and O–H groups in total. The zero-order chi connectivity index (χ0) is 10.6. The highest BCUT2D eigenvalue weighted by Crippen LogP contribution is 2.15. The quantitative estimate of drug-likeness (QED) is 0.703. The molecule has 1 fully saturated rings. The molecule has 1 unspecified atom stereocenters. The standard InChI is InChI=1S/C8H14O5S/c9-8(10)2-4-14(11,12)6-7-1-3-13-5-7/h7H,1-6H2,(H,9,10). The van der Waals surface area contributed by atoms with Gasteiger partial charge in [-0.2, -0.15) is 0 Å². The molecule has 82 valence electrons. The number of rotatable bonds is 5. The zero-order valence-corrected chi connectivity index (χ0v) is 8.62. The number of carbonyl (C=O) groups is 1. The molecule has 0 radical (unpaired) electrons. The summed E-state index contributed by atoms with van der Waals surface area (Å²) in [7, 11) is -3.22. The summed E-state index contributed by atoms with van der Waals surface area (Å²) in [5.41, 5.74) is 0. The molecule has 0 aromatic carbocycles. The molecule has 0 bridgehead atoms. The Labute approximate surface area is 83.0 Å². The minimum absolute atomic E-state index is 0.0498. The summed E-state index contributed by atoms with van der Waals surface area (Å²) in [5, 5.41) is 8.35. The normalized spacial score (nSPS) is 22.4. The van der Waals surface area contributed by atoms with Gasteiger partial charge in [0.15, 0.2) is 9.84 Å². The van der Waals surface area contributed by atoms with Crippen LogP contribution in [0.15, 0.2) is 0 Å². The summed E-state index contributed by atoms with van der Waals surface area (Å²) in [4.78, 5) is 10.2. The van der Waals surface area contributed by atoms with Crippen molar-refractivity contribution in [3.8, 4) is 0 Å². The predicted octanol–water partition coefficient (Wildman–Crippen LogP) is -0.0876. The highest BCUT2D eigenvalue weighted by Gasteiger charge is 2.23. The molecule has 0 aliphatic carbocycles. The summed E-state index contributed by atoms with van der Waals surface area (Å²) in [5.74, 6) is -1.23. The van der Waals surface area contributed by atoms with Crippen LogP contribution in [-0.4, -0.2) is 44.2 Å². The van der Waals surface area contributed by atoms with Gasteiger partial charge in [-0.25, -0.2) is 8.42 Å². The van der Waals surface area contributed by atoms with Gasteiger partial charge in [-0.15, -0.1) is 0 Å². The number of hydrogen-bond donors (Lipinski definition) is 1. The Morgan fingerprint density at radius 1 is 1.50 bits per heavy atom. The molecule has 14 heavy (non-hydrogen) atoms. The third-order valence-corrected chi connectivity index (χ3v) is 3.95. The Hall–Kier alpha value is -0.620. The number of sulfone groups is 1. The molecular formula is C8H14O5S. The second-order valence-corrected chi connectivity index (χ2v) is 5.72. The Balaban J connectivity index is 2.36. The van der Waals surface area contributed by atoms with Gasteiger partial charge in [0.2, 0.25) is 0 Å². The number of carboxylic acid groups (broad SMARTS) is 1. The van der Waals surface area contributed by atoms with E-state index in [1.807, 2.05) is 0 Å². The van der Waals surface area contributed by atoms with Crippen molar-refractivity contribution in [1.29, 1.82) is 0 Å². The SMILES string of the molecule is O=C(O)CCS(=O)(=O)CC1CCOC1. The van der Waals surface area contributed by atoms with E-state index < -0.39 is 15.8 Å². The van der Waals surface area contributed by atoms with Gasteiger partial charge in [0.05, 0.1) is 24.5 Å². The molecule has 0 aromatic heterocycles. The first kappa shape index (κ1) is 11.5. The molecule has 1 aliphatic rings. The molecule has 0 amide bonds. The molecule has 1 aliphatic heterocycles. The van der Waals surface area contributed by atoms with Gasteiger partial charge in [0.25, 0.3) is 0 Å². The summed E-state index contributed by atoms with van der Waals surface area (Å²) in [6.07, 6.45) is 0.447. The molecule has 5 nitrogen and oxygen atoms in total. The summed E-state index contributed by atoms with van der Waals surface area (Å²) in [6.45, 7) is 1.09. The van der Waals surface area contributed by atoms with Crippen LogP contribution in [0, 0.1) is 5.92 Å². The smallest absolute Gasteiger partial charge is 0.304 e. The lowest BCUT2D eigenvalue weighted by Crippen LogP contribution is -2.20. The highest BCUT2D eigenvalue weighted by atomic mass is 32.2. The van der Waals surface area contributed by atoms with Crippen LogP contribution in [-0.2, 0) is 19.4 Å². The molecular weight excluding hydrogens is 208 g/mol. The second kappa shape index (κ2) is 4.75. The van der Waals surface area contributed by atoms with Gasteiger partial charge >= 0.3 is 5.97 Å². The van der Waals surface area contributed by atoms with Gasteiger partial charge in [0.1, 0.15) is 0 Å². The number of aliphatic carboxylic acids is 1. The Morgan fingerprint density at radius 3 is 2.71 bits per heavy atom. The van der Waals surface area contributed by atoms with Crippen LogP contribution in [0.1, 0.15) is 12.8 Å². The first-order valence-electron chi connectivity index (χ1n) is 4.49. The maximum absolute atomic E-state index is 11.4. The van der Waals surface area contributed by atoms with E-state index in [2.05, 4.69) is 0 Å². The molecule has 1 saturated heterocycles. The minimum atomic E-state index is -3.22. The average Bonchev–Trinajstić information content (AvgIpc) is 2.53. The second-order valence-electron chi connectivity index (χ2n) is 3.49. The fraction of sp³-hybridized carbons (Fsp3) is 0.875. The van der Waals surface area contributed by atoms with E-state index in [0.717, 1.165) is 6.42 Å². The van der Waals surface area contributed by atoms with E-state index in [9.17, 15) is 13.2 Å². The van der Waals surface area contributed by atoms with Crippen LogP contribution in [0.3, 0.4) is 0 Å². The predicted molar refractivity (Wildman–Crippen MR) is 49.8 cm³/mol. The number of carboxylic acids is 1. The number of ether oxygens (including phenoxy) is 1. The summed E-state index contributed by atoms with van der Waals surface area (Å²) in [6, 6.07) is 0. The van der Waals surface area contributed by atoms with E-state index in [4.69, 9.17) is 9.84 Å². The van der Waals surface area contributed by atoms with Gasteiger partial charge in [-0.1, -0.05) is 0 Å². The van der Waals surface area contributed by atoms with Crippen LogP contribution >= 0.6 is 0 Å². The van der Waals surface area contributed by atoms with Gasteiger partial charge in [0, 0.05) is 6.61 Å². The molecule has 0 aromatic rings. The monoisotopic (exact) mass is 222 g/mol. The topological polar surface area (TPSA) is 80.7 Å². The van der Waals surface area contributed by atoms with Crippen molar-refractivity contribution in [3.05, 3.63) is 0 Å². The molecule has 0 spiro atoms. The number of hydrogen-bond acceptors (Lipinski definition) is 4. The molecule has 1 heterocycles. The third kappa shape index (κ3) is 4.06.